The summed E-state index contributed by atoms with van der Waals surface area (Å²) in [6.45, 7) is 6.60. The molecular formula is C9H17ClN4. The molecule has 5 heteroatoms. The van der Waals surface area contributed by atoms with Crippen molar-refractivity contribution in [2.75, 3.05) is 6.54 Å². The molecular weight excluding hydrogens is 200 g/mol. The standard InChI is InChI=1S/C9H17ClN4/c1-3-14-9(12-7-13-14)6-11-5-4-8(2)10/h7-8,11H,3-6H2,1-2H3. The fourth-order valence-electron chi connectivity index (χ4n) is 1.19. The van der Waals surface area contributed by atoms with Gasteiger partial charge in [-0.1, -0.05) is 0 Å². The molecule has 0 radical (unpaired) electrons. The van der Waals surface area contributed by atoms with Crippen molar-refractivity contribution < 1.29 is 0 Å². The van der Waals surface area contributed by atoms with Gasteiger partial charge in [-0.3, -0.25) is 0 Å². The highest BCUT2D eigenvalue weighted by molar-refractivity contribution is 6.20. The molecule has 1 unspecified atom stereocenters. The molecule has 0 fully saturated rings. The predicted molar refractivity (Wildman–Crippen MR) is 57.3 cm³/mol. The Morgan fingerprint density at radius 3 is 3.07 bits per heavy atom. The van der Waals surface area contributed by atoms with Gasteiger partial charge in [0.1, 0.15) is 12.2 Å². The second-order valence-electron chi connectivity index (χ2n) is 3.24. The number of rotatable bonds is 6. The summed E-state index contributed by atoms with van der Waals surface area (Å²) in [7, 11) is 0. The fraction of sp³-hybridized carbons (Fsp3) is 0.778. The van der Waals surface area contributed by atoms with Crippen LogP contribution in [0.4, 0.5) is 0 Å². The molecule has 1 heterocycles. The molecule has 4 nitrogen and oxygen atoms in total. The van der Waals surface area contributed by atoms with Gasteiger partial charge in [-0.15, -0.1) is 11.6 Å². The van der Waals surface area contributed by atoms with Gasteiger partial charge in [0.2, 0.25) is 0 Å². The van der Waals surface area contributed by atoms with Crippen molar-refractivity contribution in [2.45, 2.75) is 38.7 Å². The first kappa shape index (κ1) is 11.5. The van der Waals surface area contributed by atoms with E-state index in [4.69, 9.17) is 11.6 Å². The monoisotopic (exact) mass is 216 g/mol. The fourth-order valence-corrected chi connectivity index (χ4v) is 1.30. The van der Waals surface area contributed by atoms with E-state index in [1.807, 2.05) is 11.6 Å². The maximum atomic E-state index is 5.82. The Bertz CT molecular complexity index is 259. The molecule has 1 aromatic heterocycles. The topological polar surface area (TPSA) is 42.7 Å². The van der Waals surface area contributed by atoms with E-state index in [0.717, 1.165) is 31.9 Å². The van der Waals surface area contributed by atoms with E-state index in [9.17, 15) is 0 Å². The molecule has 80 valence electrons. The van der Waals surface area contributed by atoms with E-state index in [0.29, 0.717) is 0 Å². The van der Waals surface area contributed by atoms with Crippen LogP contribution in [0.15, 0.2) is 6.33 Å². The van der Waals surface area contributed by atoms with Crippen molar-refractivity contribution in [3.63, 3.8) is 0 Å². The molecule has 1 aromatic rings. The Kier molecular flexibility index (Phi) is 4.90. The van der Waals surface area contributed by atoms with Crippen molar-refractivity contribution in [3.05, 3.63) is 12.2 Å². The molecule has 1 N–H and O–H groups in total. The zero-order valence-corrected chi connectivity index (χ0v) is 9.46. The SMILES string of the molecule is CCn1ncnc1CNCCC(C)Cl. The largest absolute Gasteiger partial charge is 0.310 e. The quantitative estimate of drug-likeness (QED) is 0.578. The van der Waals surface area contributed by atoms with Crippen LogP contribution in [-0.2, 0) is 13.1 Å². The molecule has 0 aromatic carbocycles. The molecule has 0 spiro atoms. The normalized spacial score (nSPS) is 13.1. The van der Waals surface area contributed by atoms with Crippen molar-refractivity contribution >= 4 is 11.6 Å². The maximum Gasteiger partial charge on any atom is 0.140 e. The first-order chi connectivity index (χ1) is 6.74. The summed E-state index contributed by atoms with van der Waals surface area (Å²) in [5, 5.41) is 7.60. The molecule has 0 saturated carbocycles. The Balaban J connectivity index is 2.24. The van der Waals surface area contributed by atoms with E-state index in [1.165, 1.54) is 0 Å². The minimum Gasteiger partial charge on any atom is -0.310 e. The second-order valence-corrected chi connectivity index (χ2v) is 3.98. The second kappa shape index (κ2) is 5.98. The minimum absolute atomic E-state index is 0.228. The van der Waals surface area contributed by atoms with Gasteiger partial charge in [-0.05, 0) is 26.8 Å². The van der Waals surface area contributed by atoms with Gasteiger partial charge < -0.3 is 5.32 Å². The van der Waals surface area contributed by atoms with Crippen LogP contribution >= 0.6 is 11.6 Å². The molecule has 0 bridgehead atoms. The highest BCUT2D eigenvalue weighted by Crippen LogP contribution is 1.98. The van der Waals surface area contributed by atoms with E-state index in [1.54, 1.807) is 6.33 Å². The third kappa shape index (κ3) is 3.64. The summed E-state index contributed by atoms with van der Waals surface area (Å²) in [5.41, 5.74) is 0. The lowest BCUT2D eigenvalue weighted by Crippen LogP contribution is -2.20. The van der Waals surface area contributed by atoms with Crippen LogP contribution in [0.2, 0.25) is 0 Å². The average molecular weight is 217 g/mol. The number of hydrogen-bond donors (Lipinski definition) is 1. The summed E-state index contributed by atoms with van der Waals surface area (Å²) in [5.74, 6) is 0.981. The van der Waals surface area contributed by atoms with Gasteiger partial charge in [0, 0.05) is 11.9 Å². The van der Waals surface area contributed by atoms with Crippen molar-refractivity contribution in [3.8, 4) is 0 Å². The molecule has 14 heavy (non-hydrogen) atoms. The van der Waals surface area contributed by atoms with E-state index in [-0.39, 0.29) is 5.38 Å². The van der Waals surface area contributed by atoms with E-state index >= 15 is 0 Å². The first-order valence-electron chi connectivity index (χ1n) is 4.95. The third-order valence-corrected chi connectivity index (χ3v) is 2.22. The zero-order valence-electron chi connectivity index (χ0n) is 8.70. The van der Waals surface area contributed by atoms with Gasteiger partial charge in [0.05, 0.1) is 6.54 Å². The molecule has 1 atom stereocenters. The number of alkyl halides is 1. The van der Waals surface area contributed by atoms with Crippen LogP contribution in [0.25, 0.3) is 0 Å². The zero-order chi connectivity index (χ0) is 10.4. The van der Waals surface area contributed by atoms with E-state index in [2.05, 4.69) is 22.3 Å². The summed E-state index contributed by atoms with van der Waals surface area (Å²) in [4.78, 5) is 4.16. The van der Waals surface area contributed by atoms with Crippen LogP contribution in [0.3, 0.4) is 0 Å². The Morgan fingerprint density at radius 1 is 1.64 bits per heavy atom. The molecule has 0 amide bonds. The van der Waals surface area contributed by atoms with Gasteiger partial charge >= 0.3 is 0 Å². The number of aromatic nitrogens is 3. The lowest BCUT2D eigenvalue weighted by atomic mass is 10.3. The number of nitrogens with zero attached hydrogens (tertiary/aromatic N) is 3. The van der Waals surface area contributed by atoms with Crippen LogP contribution in [-0.4, -0.2) is 26.7 Å². The molecule has 0 aliphatic carbocycles. The lowest BCUT2D eigenvalue weighted by molar-refractivity contribution is 0.563. The molecule has 0 aliphatic rings. The van der Waals surface area contributed by atoms with Crippen LogP contribution in [0.1, 0.15) is 26.1 Å². The van der Waals surface area contributed by atoms with Gasteiger partial charge in [0.15, 0.2) is 0 Å². The lowest BCUT2D eigenvalue weighted by Gasteiger charge is -2.06. The number of nitrogens with one attached hydrogen (secondary N) is 1. The predicted octanol–water partition coefficient (Wildman–Crippen LogP) is 1.41. The van der Waals surface area contributed by atoms with Crippen molar-refractivity contribution in [2.24, 2.45) is 0 Å². The first-order valence-corrected chi connectivity index (χ1v) is 5.39. The van der Waals surface area contributed by atoms with Crippen LogP contribution < -0.4 is 5.32 Å². The summed E-state index contributed by atoms with van der Waals surface area (Å²) >= 11 is 5.82. The third-order valence-electron chi connectivity index (χ3n) is 2.00. The van der Waals surface area contributed by atoms with Crippen molar-refractivity contribution in [1.82, 2.24) is 20.1 Å². The average Bonchev–Trinajstić information content (AvgIpc) is 2.59. The van der Waals surface area contributed by atoms with Crippen molar-refractivity contribution in [1.29, 1.82) is 0 Å². The maximum absolute atomic E-state index is 5.82. The summed E-state index contributed by atoms with van der Waals surface area (Å²) in [6.07, 6.45) is 2.56. The van der Waals surface area contributed by atoms with Crippen LogP contribution in [0.5, 0.6) is 0 Å². The van der Waals surface area contributed by atoms with Crippen LogP contribution in [0, 0.1) is 0 Å². The summed E-state index contributed by atoms with van der Waals surface area (Å²) < 4.78 is 1.89. The van der Waals surface area contributed by atoms with Gasteiger partial charge in [0.25, 0.3) is 0 Å². The number of halogens is 1. The van der Waals surface area contributed by atoms with Gasteiger partial charge in [-0.25, -0.2) is 9.67 Å². The highest BCUT2D eigenvalue weighted by Gasteiger charge is 2.01. The Hall–Kier alpha value is -0.610. The van der Waals surface area contributed by atoms with Gasteiger partial charge in [-0.2, -0.15) is 5.10 Å². The molecule has 1 rings (SSSR count). The summed E-state index contributed by atoms with van der Waals surface area (Å²) in [6, 6.07) is 0. The highest BCUT2D eigenvalue weighted by atomic mass is 35.5. The molecule has 0 aliphatic heterocycles. The minimum atomic E-state index is 0.228. The van der Waals surface area contributed by atoms with E-state index < -0.39 is 0 Å². The Morgan fingerprint density at radius 2 is 2.43 bits per heavy atom. The number of aryl methyl sites for hydroxylation is 1. The smallest absolute Gasteiger partial charge is 0.140 e. The Labute approximate surface area is 89.7 Å². The molecule has 0 saturated heterocycles. The number of hydrogen-bond acceptors (Lipinski definition) is 3.